The number of nitrogens with zero attached hydrogens (tertiary/aromatic N) is 4. The molecule has 0 saturated carbocycles. The summed E-state index contributed by atoms with van der Waals surface area (Å²) in [5, 5.41) is 29.1. The largest absolute Gasteiger partial charge is 0.394 e. The quantitative estimate of drug-likeness (QED) is 0.505. The van der Waals surface area contributed by atoms with Crippen molar-refractivity contribution in [1.29, 1.82) is 0 Å². The van der Waals surface area contributed by atoms with Crippen LogP contribution in [0.25, 0.3) is 11.2 Å². The Morgan fingerprint density at radius 3 is 2.62 bits per heavy atom. The van der Waals surface area contributed by atoms with E-state index in [1.54, 1.807) is 6.92 Å². The van der Waals surface area contributed by atoms with Crippen molar-refractivity contribution in [3.8, 4) is 0 Å². The molecule has 3 heterocycles. The number of hydrogen-bond donors (Lipinski definition) is 4. The molecule has 0 aliphatic carbocycles. The maximum absolute atomic E-state index is 10.1. The fourth-order valence-electron chi connectivity index (χ4n) is 2.40. The van der Waals surface area contributed by atoms with Gasteiger partial charge in [0, 0.05) is 0 Å². The minimum absolute atomic E-state index is 0.212. The predicted molar refractivity (Wildman–Crippen MR) is 75.2 cm³/mol. The molecule has 1 fully saturated rings. The second-order valence-corrected chi connectivity index (χ2v) is 5.52. The molecular weight excluding hydrogens is 346 g/mol. The number of ether oxygens (including phenoxy) is 1. The van der Waals surface area contributed by atoms with E-state index < -0.39 is 31.1 Å². The molecule has 0 bridgehead atoms. The second kappa shape index (κ2) is 5.14. The number of aromatic nitrogens is 4. The van der Waals surface area contributed by atoms with Crippen molar-refractivity contribution in [2.24, 2.45) is 0 Å². The van der Waals surface area contributed by atoms with Crippen molar-refractivity contribution in [3.05, 3.63) is 10.6 Å². The highest BCUT2D eigenvalue weighted by molar-refractivity contribution is 9.10. The van der Waals surface area contributed by atoms with Crippen LogP contribution in [0.4, 0.5) is 5.82 Å². The van der Waals surface area contributed by atoms with Gasteiger partial charge in [0.1, 0.15) is 24.1 Å². The van der Waals surface area contributed by atoms with Gasteiger partial charge in [-0.3, -0.25) is 4.57 Å². The van der Waals surface area contributed by atoms with E-state index in [-0.39, 0.29) is 5.82 Å². The molecule has 9 nitrogen and oxygen atoms in total. The highest BCUT2D eigenvalue weighted by Gasteiger charge is 2.44. The van der Waals surface area contributed by atoms with Gasteiger partial charge in [-0.25, -0.2) is 15.0 Å². The van der Waals surface area contributed by atoms with E-state index in [2.05, 4.69) is 30.9 Å². The molecule has 0 amide bonds. The monoisotopic (exact) mass is 359 g/mol. The van der Waals surface area contributed by atoms with Gasteiger partial charge in [0.05, 0.1) is 6.61 Å². The Kier molecular flexibility index (Phi) is 3.58. The summed E-state index contributed by atoms with van der Waals surface area (Å²) in [7, 11) is 0. The van der Waals surface area contributed by atoms with Gasteiger partial charge in [-0.1, -0.05) is 0 Å². The standard InChI is InChI=1S/C11H14BrN5O4/c1-3-14-8(13)5-9(15-3)17(11(12)16-5)10-7(20)6(19)4(2-18)21-10/h4,6-7,10,18-20H,2H2,1H3,(H2,13,14,15)/t4-,6-,7-,10-/m1/s1. The molecule has 1 aliphatic heterocycles. The lowest BCUT2D eigenvalue weighted by Gasteiger charge is -2.17. The number of hydrogen-bond acceptors (Lipinski definition) is 8. The Hall–Kier alpha value is -1.33. The molecule has 3 rings (SSSR count). The smallest absolute Gasteiger partial charge is 0.181 e. The zero-order chi connectivity index (χ0) is 15.3. The van der Waals surface area contributed by atoms with E-state index in [0.717, 1.165) is 0 Å². The van der Waals surface area contributed by atoms with Crippen molar-refractivity contribution in [1.82, 2.24) is 19.5 Å². The van der Waals surface area contributed by atoms with E-state index in [1.165, 1.54) is 4.57 Å². The average Bonchev–Trinajstić information content (AvgIpc) is 2.89. The van der Waals surface area contributed by atoms with Crippen LogP contribution in [0.5, 0.6) is 0 Å². The SMILES string of the molecule is Cc1nc(N)c2nc(Br)n([C@@H]3O[C@H](CO)[C@@H](O)[C@H]3O)c2n1. The Morgan fingerprint density at radius 1 is 1.29 bits per heavy atom. The van der Waals surface area contributed by atoms with Crippen LogP contribution < -0.4 is 5.73 Å². The van der Waals surface area contributed by atoms with Crippen molar-refractivity contribution < 1.29 is 20.1 Å². The van der Waals surface area contributed by atoms with E-state index in [9.17, 15) is 10.2 Å². The number of anilines is 1. The molecule has 1 saturated heterocycles. The summed E-state index contributed by atoms with van der Waals surface area (Å²) >= 11 is 3.26. The van der Waals surface area contributed by atoms with Crippen LogP contribution in [0.15, 0.2) is 4.73 Å². The van der Waals surface area contributed by atoms with Gasteiger partial charge < -0.3 is 25.8 Å². The normalized spacial score (nSPS) is 29.4. The molecule has 4 atom stereocenters. The Balaban J connectivity index is 2.15. The molecule has 21 heavy (non-hydrogen) atoms. The van der Waals surface area contributed by atoms with E-state index in [0.29, 0.717) is 21.7 Å². The summed E-state index contributed by atoms with van der Waals surface area (Å²) < 4.78 is 7.30. The van der Waals surface area contributed by atoms with Crippen LogP contribution in [0.1, 0.15) is 12.1 Å². The number of rotatable bonds is 2. The average molecular weight is 360 g/mol. The number of aryl methyl sites for hydroxylation is 1. The maximum Gasteiger partial charge on any atom is 0.181 e. The molecule has 0 aromatic carbocycles. The number of aliphatic hydroxyl groups excluding tert-OH is 3. The number of nitrogens with two attached hydrogens (primary N) is 1. The lowest BCUT2D eigenvalue weighted by atomic mass is 10.1. The van der Waals surface area contributed by atoms with E-state index in [4.69, 9.17) is 15.6 Å². The van der Waals surface area contributed by atoms with Crippen LogP contribution in [0.3, 0.4) is 0 Å². The van der Waals surface area contributed by atoms with E-state index in [1.807, 2.05) is 0 Å². The molecule has 0 radical (unpaired) electrons. The van der Waals surface area contributed by atoms with Crippen LogP contribution in [0.2, 0.25) is 0 Å². The molecular formula is C11H14BrN5O4. The predicted octanol–water partition coefficient (Wildman–Crippen LogP) is -0.909. The van der Waals surface area contributed by atoms with E-state index >= 15 is 0 Å². The topological polar surface area (TPSA) is 140 Å². The summed E-state index contributed by atoms with van der Waals surface area (Å²) in [5.74, 6) is 0.657. The highest BCUT2D eigenvalue weighted by Crippen LogP contribution is 2.35. The van der Waals surface area contributed by atoms with Crippen LogP contribution in [-0.4, -0.2) is 59.8 Å². The van der Waals surface area contributed by atoms with Gasteiger partial charge in [0.25, 0.3) is 0 Å². The summed E-state index contributed by atoms with van der Waals surface area (Å²) in [6.45, 7) is 1.27. The number of halogens is 1. The first kappa shape index (κ1) is 14.6. The fraction of sp³-hybridized carbons (Fsp3) is 0.545. The van der Waals surface area contributed by atoms with Crippen molar-refractivity contribution in [2.45, 2.75) is 31.5 Å². The van der Waals surface area contributed by atoms with Gasteiger partial charge in [0.2, 0.25) is 0 Å². The van der Waals surface area contributed by atoms with Gasteiger partial charge in [-0.05, 0) is 22.9 Å². The molecule has 114 valence electrons. The first-order valence-electron chi connectivity index (χ1n) is 6.24. The fourth-order valence-corrected chi connectivity index (χ4v) is 2.95. The van der Waals surface area contributed by atoms with Crippen molar-refractivity contribution in [3.63, 3.8) is 0 Å². The van der Waals surface area contributed by atoms with Crippen LogP contribution >= 0.6 is 15.9 Å². The molecule has 2 aromatic heterocycles. The summed E-state index contributed by atoms with van der Waals surface area (Å²) in [5.41, 5.74) is 6.56. The molecule has 2 aromatic rings. The first-order valence-corrected chi connectivity index (χ1v) is 7.03. The molecule has 0 unspecified atom stereocenters. The van der Waals surface area contributed by atoms with Crippen molar-refractivity contribution >= 4 is 32.9 Å². The van der Waals surface area contributed by atoms with Gasteiger partial charge in [-0.15, -0.1) is 0 Å². The Labute approximate surface area is 127 Å². The minimum Gasteiger partial charge on any atom is -0.394 e. The number of aliphatic hydroxyl groups is 3. The van der Waals surface area contributed by atoms with Crippen LogP contribution in [-0.2, 0) is 4.74 Å². The minimum atomic E-state index is -1.23. The Morgan fingerprint density at radius 2 is 2.00 bits per heavy atom. The number of imidazole rings is 1. The third kappa shape index (κ3) is 2.19. The second-order valence-electron chi connectivity index (χ2n) is 4.81. The highest BCUT2D eigenvalue weighted by atomic mass is 79.9. The Bertz CT molecular complexity index is 693. The van der Waals surface area contributed by atoms with Gasteiger partial charge in [0.15, 0.2) is 27.9 Å². The molecule has 5 N–H and O–H groups in total. The molecule has 10 heteroatoms. The third-order valence-corrected chi connectivity index (χ3v) is 3.97. The summed E-state index contributed by atoms with van der Waals surface area (Å²) in [6.07, 6.45) is -4.25. The zero-order valence-electron chi connectivity index (χ0n) is 11.0. The van der Waals surface area contributed by atoms with Crippen LogP contribution in [0, 0.1) is 6.92 Å². The number of fused-ring (bicyclic) bond motifs is 1. The maximum atomic E-state index is 10.1. The van der Waals surface area contributed by atoms with Crippen molar-refractivity contribution in [2.75, 3.05) is 12.3 Å². The first-order chi connectivity index (χ1) is 9.93. The summed E-state index contributed by atoms with van der Waals surface area (Å²) in [4.78, 5) is 12.5. The molecule has 0 spiro atoms. The summed E-state index contributed by atoms with van der Waals surface area (Å²) in [6, 6.07) is 0. The molecule has 1 aliphatic rings. The lowest BCUT2D eigenvalue weighted by Crippen LogP contribution is -2.33. The lowest BCUT2D eigenvalue weighted by molar-refractivity contribution is -0.0521. The van der Waals surface area contributed by atoms with Gasteiger partial charge in [-0.2, -0.15) is 0 Å². The van der Waals surface area contributed by atoms with Gasteiger partial charge >= 0.3 is 0 Å². The number of nitrogen functional groups attached to an aromatic ring is 1. The zero-order valence-corrected chi connectivity index (χ0v) is 12.6. The third-order valence-electron chi connectivity index (χ3n) is 3.41.